The van der Waals surface area contributed by atoms with Crippen LogP contribution in [0.5, 0.6) is 0 Å². The largest absolute Gasteiger partial charge is 0.356 e. The van der Waals surface area contributed by atoms with E-state index in [-0.39, 0.29) is 35.6 Å². The van der Waals surface area contributed by atoms with Gasteiger partial charge in [0.1, 0.15) is 0 Å². The summed E-state index contributed by atoms with van der Waals surface area (Å²) in [7, 11) is 0. The van der Waals surface area contributed by atoms with Crippen molar-refractivity contribution in [2.75, 3.05) is 13.1 Å². The quantitative estimate of drug-likeness (QED) is 0.104. The van der Waals surface area contributed by atoms with Crippen molar-refractivity contribution in [2.45, 2.75) is 171 Å². The van der Waals surface area contributed by atoms with Crippen molar-refractivity contribution in [1.29, 1.82) is 0 Å². The predicted molar refractivity (Wildman–Crippen MR) is 176 cm³/mol. The van der Waals surface area contributed by atoms with E-state index < -0.39 is 0 Å². The van der Waals surface area contributed by atoms with Crippen LogP contribution in [-0.4, -0.2) is 60.8 Å². The molecule has 0 bridgehead atoms. The lowest BCUT2D eigenvalue weighted by Gasteiger charge is -2.22. The molecule has 0 radical (unpaired) electrons. The lowest BCUT2D eigenvalue weighted by molar-refractivity contribution is -0.125. The van der Waals surface area contributed by atoms with E-state index in [4.69, 9.17) is 0 Å². The highest BCUT2D eigenvalue weighted by Gasteiger charge is 2.22. The molecule has 0 aromatic rings. The predicted octanol–water partition coefficient (Wildman–Crippen LogP) is 6.44. The molecule has 7 nitrogen and oxygen atoms in total. The fourth-order valence-corrected chi connectivity index (χ4v) is 4.55. The van der Waals surface area contributed by atoms with Gasteiger partial charge in [0.05, 0.1) is 12.1 Å². The van der Waals surface area contributed by atoms with Crippen LogP contribution in [-0.2, 0) is 14.4 Å². The van der Waals surface area contributed by atoms with E-state index in [1.165, 1.54) is 6.42 Å². The number of hydrogen-bond donors (Lipinski definition) is 4. The molecule has 41 heavy (non-hydrogen) atoms. The lowest BCUT2D eigenvalue weighted by atomic mass is 9.96. The normalized spacial score (nSPS) is 13.2. The summed E-state index contributed by atoms with van der Waals surface area (Å²) in [5.74, 6) is 1.68. The summed E-state index contributed by atoms with van der Waals surface area (Å²) in [6.45, 7) is 26.6. The van der Waals surface area contributed by atoms with E-state index in [0.29, 0.717) is 42.8 Å². The van der Waals surface area contributed by atoms with Crippen molar-refractivity contribution in [3.8, 4) is 0 Å². The lowest BCUT2D eigenvalue weighted by Crippen LogP contribution is -2.43. The monoisotopic (exact) mass is 583 g/mol. The number of amides is 1. The van der Waals surface area contributed by atoms with Crippen LogP contribution in [0.4, 0.5) is 0 Å². The number of ketones is 2. The van der Waals surface area contributed by atoms with Gasteiger partial charge in [-0.2, -0.15) is 0 Å². The molecule has 0 heterocycles. The van der Waals surface area contributed by atoms with Crippen molar-refractivity contribution in [3.05, 3.63) is 0 Å². The second-order valence-corrected chi connectivity index (χ2v) is 13.6. The highest BCUT2D eigenvalue weighted by atomic mass is 16.1. The molecule has 0 aromatic heterocycles. The Bertz CT molecular complexity index is 675. The molecule has 0 aliphatic heterocycles. The van der Waals surface area contributed by atoms with Crippen molar-refractivity contribution in [1.82, 2.24) is 21.3 Å². The summed E-state index contributed by atoms with van der Waals surface area (Å²) in [6.07, 6.45) is 8.64. The number of hydrogen-bond acceptors (Lipinski definition) is 6. The zero-order valence-electron chi connectivity index (χ0n) is 29.1. The molecular weight excluding hydrogens is 512 g/mol. The minimum absolute atomic E-state index is 0.0176. The average Bonchev–Trinajstić information content (AvgIpc) is 2.86. The van der Waals surface area contributed by atoms with Gasteiger partial charge in [0, 0.05) is 42.9 Å². The van der Waals surface area contributed by atoms with Crippen molar-refractivity contribution >= 4 is 17.5 Å². The molecule has 244 valence electrons. The second kappa shape index (κ2) is 25.2. The Kier molecular flexibility index (Phi) is 25.7. The molecule has 0 aliphatic carbocycles. The van der Waals surface area contributed by atoms with Gasteiger partial charge < -0.3 is 21.3 Å². The zero-order chi connectivity index (χ0) is 32.0. The first-order chi connectivity index (χ1) is 19.1. The Hall–Kier alpha value is -1.31. The SMILES string of the molecule is CC(C)CCCCC(=O)NCCCCC(NC(C)C)C(=O)C(C)C.CC(C)NCCCC(NC(C)C)C(=O)C(C)C. The highest BCUT2D eigenvalue weighted by molar-refractivity contribution is 5.86. The van der Waals surface area contributed by atoms with Crippen molar-refractivity contribution in [3.63, 3.8) is 0 Å². The minimum atomic E-state index is -0.0586. The Balaban J connectivity index is 0. The third kappa shape index (κ3) is 26.1. The smallest absolute Gasteiger partial charge is 0.219 e. The second-order valence-electron chi connectivity index (χ2n) is 13.6. The van der Waals surface area contributed by atoms with Gasteiger partial charge in [0.15, 0.2) is 11.6 Å². The number of carbonyl (C=O) groups excluding carboxylic acids is 3. The van der Waals surface area contributed by atoms with Crippen LogP contribution in [0.3, 0.4) is 0 Å². The fraction of sp³-hybridized carbons (Fsp3) is 0.912. The van der Waals surface area contributed by atoms with Crippen molar-refractivity contribution < 1.29 is 14.4 Å². The topological polar surface area (TPSA) is 99.3 Å². The standard InChI is InChI=1S/C20H40N2O2.C14H30N2O/c1-15(2)11-7-8-13-19(23)21-14-10-9-12-18(22-17(5)6)20(24)16(3)4;1-10(2)14(17)13(16-12(5)6)8-7-9-15-11(3)4/h15-18,22H,7-14H2,1-6H3,(H,21,23);10-13,15-16H,7-9H2,1-6H3. The van der Waals surface area contributed by atoms with E-state index in [1.54, 1.807) is 0 Å². The maximum atomic E-state index is 12.2. The first-order valence-corrected chi connectivity index (χ1v) is 16.7. The van der Waals surface area contributed by atoms with Crippen LogP contribution in [0.15, 0.2) is 0 Å². The third-order valence-electron chi connectivity index (χ3n) is 6.79. The molecule has 0 rings (SSSR count). The Labute approximate surface area is 254 Å². The molecule has 2 unspecified atom stereocenters. The number of carbonyl (C=O) groups is 3. The minimum Gasteiger partial charge on any atom is -0.356 e. The van der Waals surface area contributed by atoms with Gasteiger partial charge in [-0.05, 0) is 51.0 Å². The van der Waals surface area contributed by atoms with Crippen LogP contribution in [0.25, 0.3) is 0 Å². The Morgan fingerprint density at radius 2 is 0.976 bits per heavy atom. The molecule has 2 atom stereocenters. The molecular formula is C34H70N4O3. The van der Waals surface area contributed by atoms with Gasteiger partial charge in [0.2, 0.25) is 5.91 Å². The zero-order valence-corrected chi connectivity index (χ0v) is 29.1. The van der Waals surface area contributed by atoms with Gasteiger partial charge in [-0.3, -0.25) is 14.4 Å². The van der Waals surface area contributed by atoms with E-state index in [1.807, 2.05) is 27.7 Å². The molecule has 0 spiro atoms. The van der Waals surface area contributed by atoms with E-state index >= 15 is 0 Å². The molecule has 0 fully saturated rings. The summed E-state index contributed by atoms with van der Waals surface area (Å²) in [4.78, 5) is 36.0. The van der Waals surface area contributed by atoms with E-state index in [9.17, 15) is 14.4 Å². The van der Waals surface area contributed by atoms with Crippen LogP contribution < -0.4 is 21.3 Å². The van der Waals surface area contributed by atoms with Crippen molar-refractivity contribution in [2.24, 2.45) is 17.8 Å². The summed E-state index contributed by atoms with van der Waals surface area (Å²) < 4.78 is 0. The highest BCUT2D eigenvalue weighted by Crippen LogP contribution is 2.10. The molecule has 4 N–H and O–H groups in total. The van der Waals surface area contributed by atoms with E-state index in [2.05, 4.69) is 76.7 Å². The first kappa shape index (κ1) is 41.8. The number of nitrogens with one attached hydrogen (secondary N) is 4. The third-order valence-corrected chi connectivity index (χ3v) is 6.79. The average molecular weight is 583 g/mol. The molecule has 0 aliphatic rings. The van der Waals surface area contributed by atoms with Crippen LogP contribution in [0.1, 0.15) is 141 Å². The van der Waals surface area contributed by atoms with Crippen LogP contribution in [0.2, 0.25) is 0 Å². The van der Waals surface area contributed by atoms with Gasteiger partial charge in [-0.25, -0.2) is 0 Å². The van der Waals surface area contributed by atoms with Gasteiger partial charge >= 0.3 is 0 Å². The summed E-state index contributed by atoms with van der Waals surface area (Å²) in [5.41, 5.74) is 0. The summed E-state index contributed by atoms with van der Waals surface area (Å²) in [5, 5.41) is 13.1. The van der Waals surface area contributed by atoms with Gasteiger partial charge in [-0.15, -0.1) is 0 Å². The van der Waals surface area contributed by atoms with E-state index in [0.717, 1.165) is 51.5 Å². The van der Waals surface area contributed by atoms with Crippen LogP contribution in [0, 0.1) is 17.8 Å². The Morgan fingerprint density at radius 3 is 1.39 bits per heavy atom. The summed E-state index contributed by atoms with van der Waals surface area (Å²) >= 11 is 0. The number of unbranched alkanes of at least 4 members (excludes halogenated alkanes) is 2. The Morgan fingerprint density at radius 1 is 0.512 bits per heavy atom. The van der Waals surface area contributed by atoms with Crippen LogP contribution >= 0.6 is 0 Å². The number of rotatable bonds is 23. The molecule has 0 aromatic carbocycles. The number of Topliss-reactive ketones (excluding diaryl/α,β-unsaturated/α-hetero) is 2. The molecule has 0 saturated carbocycles. The van der Waals surface area contributed by atoms with Gasteiger partial charge in [-0.1, -0.05) is 95.9 Å². The summed E-state index contributed by atoms with van der Waals surface area (Å²) in [6, 6.07) is 1.15. The molecule has 0 saturated heterocycles. The maximum absolute atomic E-state index is 12.2. The maximum Gasteiger partial charge on any atom is 0.219 e. The first-order valence-electron chi connectivity index (χ1n) is 16.7. The molecule has 1 amide bonds. The molecule has 7 heteroatoms. The fourth-order valence-electron chi connectivity index (χ4n) is 4.55. The van der Waals surface area contributed by atoms with Gasteiger partial charge in [0.25, 0.3) is 0 Å².